The van der Waals surface area contributed by atoms with Crippen molar-refractivity contribution >= 4 is 5.69 Å². The highest BCUT2D eigenvalue weighted by Crippen LogP contribution is 2.48. The summed E-state index contributed by atoms with van der Waals surface area (Å²) < 4.78 is 5.76. The Morgan fingerprint density at radius 1 is 1.42 bits per heavy atom. The van der Waals surface area contributed by atoms with Crippen LogP contribution in [0.5, 0.6) is 5.75 Å². The van der Waals surface area contributed by atoms with Gasteiger partial charge in [0.05, 0.1) is 17.6 Å². The van der Waals surface area contributed by atoms with Crippen LogP contribution in [0.4, 0.5) is 5.69 Å². The molecule has 100 valence electrons. The van der Waals surface area contributed by atoms with Gasteiger partial charge in [-0.2, -0.15) is 5.26 Å². The van der Waals surface area contributed by atoms with Crippen molar-refractivity contribution in [3.63, 3.8) is 0 Å². The number of hydrogen-bond acceptors (Lipinski definition) is 4. The summed E-state index contributed by atoms with van der Waals surface area (Å²) in [6.45, 7) is 4.01. The van der Waals surface area contributed by atoms with Crippen LogP contribution in [0.2, 0.25) is 0 Å². The molecule has 0 heterocycles. The molecule has 1 aliphatic rings. The third-order valence-corrected chi connectivity index (χ3v) is 3.64. The number of nitrogens with zero attached hydrogens (tertiary/aromatic N) is 2. The van der Waals surface area contributed by atoms with Crippen LogP contribution < -0.4 is 4.74 Å². The van der Waals surface area contributed by atoms with E-state index in [0.717, 1.165) is 18.4 Å². The number of nitro benzene ring substituents is 1. The maximum Gasteiger partial charge on any atom is 0.272 e. The largest absolute Gasteiger partial charge is 0.493 e. The summed E-state index contributed by atoms with van der Waals surface area (Å²) in [6.07, 6.45) is 2.55. The highest BCUT2D eigenvalue weighted by Gasteiger charge is 2.43. The lowest BCUT2D eigenvalue weighted by atomic mass is 10.1. The van der Waals surface area contributed by atoms with Crippen molar-refractivity contribution in [2.24, 2.45) is 5.41 Å². The van der Waals surface area contributed by atoms with Crippen molar-refractivity contribution in [2.45, 2.75) is 33.1 Å². The summed E-state index contributed by atoms with van der Waals surface area (Å²) >= 11 is 0. The summed E-state index contributed by atoms with van der Waals surface area (Å²) in [4.78, 5) is 10.4. The molecule has 19 heavy (non-hydrogen) atoms. The van der Waals surface area contributed by atoms with Crippen molar-refractivity contribution in [3.8, 4) is 11.8 Å². The van der Waals surface area contributed by atoms with E-state index in [2.05, 4.69) is 6.07 Å². The first-order valence-electron chi connectivity index (χ1n) is 6.23. The first-order valence-corrected chi connectivity index (χ1v) is 6.23. The Morgan fingerprint density at radius 2 is 2.11 bits per heavy atom. The molecule has 5 nitrogen and oxygen atoms in total. The van der Waals surface area contributed by atoms with Gasteiger partial charge in [-0.15, -0.1) is 0 Å². The highest BCUT2D eigenvalue weighted by atomic mass is 16.6. The summed E-state index contributed by atoms with van der Waals surface area (Å²) in [5.41, 5.74) is 1.47. The second kappa shape index (κ2) is 4.88. The first kappa shape index (κ1) is 13.3. The zero-order valence-electron chi connectivity index (χ0n) is 11.1. The van der Waals surface area contributed by atoms with Gasteiger partial charge in [0, 0.05) is 23.5 Å². The zero-order chi connectivity index (χ0) is 14.0. The first-order chi connectivity index (χ1) is 8.97. The van der Waals surface area contributed by atoms with Gasteiger partial charge in [-0.3, -0.25) is 10.1 Å². The van der Waals surface area contributed by atoms with Crippen LogP contribution in [0, 0.1) is 40.7 Å². The van der Waals surface area contributed by atoms with Gasteiger partial charge < -0.3 is 4.74 Å². The Balaban J connectivity index is 2.12. The molecular weight excluding hydrogens is 244 g/mol. The maximum absolute atomic E-state index is 10.8. The molecule has 0 spiro atoms. The van der Waals surface area contributed by atoms with Gasteiger partial charge in [0.25, 0.3) is 5.69 Å². The molecule has 0 unspecified atom stereocenters. The molecule has 0 saturated heterocycles. The van der Waals surface area contributed by atoms with Crippen LogP contribution in [0.1, 0.15) is 30.4 Å². The van der Waals surface area contributed by atoms with E-state index in [4.69, 9.17) is 10.00 Å². The van der Waals surface area contributed by atoms with E-state index >= 15 is 0 Å². The molecule has 0 bridgehead atoms. The Bertz CT molecular complexity index is 557. The summed E-state index contributed by atoms with van der Waals surface area (Å²) in [5.74, 6) is 0.673. The monoisotopic (exact) mass is 260 g/mol. The normalized spacial score (nSPS) is 15.6. The van der Waals surface area contributed by atoms with Crippen LogP contribution in [-0.2, 0) is 0 Å². The summed E-state index contributed by atoms with van der Waals surface area (Å²) in [6, 6.07) is 5.43. The minimum Gasteiger partial charge on any atom is -0.493 e. The molecule has 1 aromatic carbocycles. The van der Waals surface area contributed by atoms with Gasteiger partial charge >= 0.3 is 0 Å². The molecule has 2 rings (SSSR count). The lowest BCUT2D eigenvalue weighted by Gasteiger charge is -2.15. The van der Waals surface area contributed by atoms with Gasteiger partial charge in [0.15, 0.2) is 0 Å². The van der Waals surface area contributed by atoms with Crippen molar-refractivity contribution in [2.75, 3.05) is 6.61 Å². The number of nitriles is 1. The molecule has 0 aromatic heterocycles. The highest BCUT2D eigenvalue weighted by molar-refractivity contribution is 5.49. The molecule has 1 fully saturated rings. The Hall–Kier alpha value is -2.09. The number of aryl methyl sites for hydroxylation is 2. The van der Waals surface area contributed by atoms with E-state index in [1.807, 2.05) is 0 Å². The summed E-state index contributed by atoms with van der Waals surface area (Å²) in [5, 5.41) is 19.6. The quantitative estimate of drug-likeness (QED) is 0.601. The van der Waals surface area contributed by atoms with Crippen molar-refractivity contribution in [1.29, 1.82) is 5.26 Å². The summed E-state index contributed by atoms with van der Waals surface area (Å²) in [7, 11) is 0. The predicted octanol–water partition coefficient (Wildman–Crippen LogP) is 3.28. The van der Waals surface area contributed by atoms with Crippen LogP contribution in [0.15, 0.2) is 12.1 Å². The van der Waals surface area contributed by atoms with E-state index in [0.29, 0.717) is 24.3 Å². The van der Waals surface area contributed by atoms with Crippen LogP contribution in [0.25, 0.3) is 0 Å². The average Bonchev–Trinajstić information content (AvgIpc) is 3.10. The fraction of sp³-hybridized carbons (Fsp3) is 0.500. The fourth-order valence-corrected chi connectivity index (χ4v) is 2.07. The number of nitro groups is 1. The molecule has 1 aromatic rings. The average molecular weight is 260 g/mol. The lowest BCUT2D eigenvalue weighted by Crippen LogP contribution is -2.13. The van der Waals surface area contributed by atoms with Gasteiger partial charge in [0.1, 0.15) is 5.75 Å². The minimum absolute atomic E-state index is 0.0108. The SMILES string of the molecule is Cc1cc([N+](=O)[O-])c(C)cc1OCC1(CC#N)CC1. The third kappa shape index (κ3) is 2.84. The number of rotatable bonds is 5. The van der Waals surface area contributed by atoms with Gasteiger partial charge in [-0.1, -0.05) is 0 Å². The van der Waals surface area contributed by atoms with E-state index in [1.54, 1.807) is 19.9 Å². The third-order valence-electron chi connectivity index (χ3n) is 3.64. The molecule has 0 amide bonds. The molecule has 0 N–H and O–H groups in total. The Morgan fingerprint density at radius 3 is 2.63 bits per heavy atom. The molecule has 0 aliphatic heterocycles. The molecular formula is C14H16N2O3. The lowest BCUT2D eigenvalue weighted by molar-refractivity contribution is -0.385. The van der Waals surface area contributed by atoms with E-state index < -0.39 is 0 Å². The maximum atomic E-state index is 10.8. The number of ether oxygens (including phenoxy) is 1. The molecule has 1 aliphatic carbocycles. The molecule has 1 saturated carbocycles. The van der Waals surface area contributed by atoms with E-state index in [1.165, 1.54) is 6.07 Å². The number of hydrogen-bond donors (Lipinski definition) is 0. The van der Waals surface area contributed by atoms with Crippen LogP contribution in [-0.4, -0.2) is 11.5 Å². The van der Waals surface area contributed by atoms with Crippen LogP contribution in [0.3, 0.4) is 0 Å². The second-order valence-electron chi connectivity index (χ2n) is 5.28. The molecule has 0 radical (unpaired) electrons. The predicted molar refractivity (Wildman–Crippen MR) is 70.0 cm³/mol. The van der Waals surface area contributed by atoms with Gasteiger partial charge in [-0.25, -0.2) is 0 Å². The Kier molecular flexibility index (Phi) is 3.43. The topological polar surface area (TPSA) is 76.2 Å². The van der Waals surface area contributed by atoms with E-state index in [-0.39, 0.29) is 16.0 Å². The van der Waals surface area contributed by atoms with E-state index in [9.17, 15) is 10.1 Å². The minimum atomic E-state index is -0.385. The van der Waals surface area contributed by atoms with Crippen molar-refractivity contribution < 1.29 is 9.66 Å². The Labute approximate surface area is 112 Å². The van der Waals surface area contributed by atoms with Crippen molar-refractivity contribution in [1.82, 2.24) is 0 Å². The zero-order valence-corrected chi connectivity index (χ0v) is 11.1. The molecule has 0 atom stereocenters. The van der Waals surface area contributed by atoms with Gasteiger partial charge in [-0.05, 0) is 38.3 Å². The van der Waals surface area contributed by atoms with Gasteiger partial charge in [0.2, 0.25) is 0 Å². The van der Waals surface area contributed by atoms with Crippen molar-refractivity contribution in [3.05, 3.63) is 33.4 Å². The fourth-order valence-electron chi connectivity index (χ4n) is 2.07. The standard InChI is InChI=1S/C14H16N2O3/c1-10-8-13(11(2)7-12(10)16(17)18)19-9-14(3-4-14)5-6-15/h7-8H,3-5,9H2,1-2H3. The smallest absolute Gasteiger partial charge is 0.272 e. The van der Waals surface area contributed by atoms with Crippen LogP contribution >= 0.6 is 0 Å². The number of benzene rings is 1. The second-order valence-corrected chi connectivity index (χ2v) is 5.28. The molecule has 5 heteroatoms.